The summed E-state index contributed by atoms with van der Waals surface area (Å²) in [7, 11) is 0. The lowest BCUT2D eigenvalue weighted by Gasteiger charge is -2.13. The third-order valence-corrected chi connectivity index (χ3v) is 6.10. The molecule has 0 unspecified atom stereocenters. The van der Waals surface area contributed by atoms with Crippen molar-refractivity contribution < 1.29 is 14.4 Å². The maximum atomic E-state index is 12.7. The smallest absolute Gasteiger partial charge is 0.324 e. The van der Waals surface area contributed by atoms with Gasteiger partial charge >= 0.3 is 6.03 Å². The number of para-hydroxylation sites is 1. The molecule has 1 atom stereocenters. The Morgan fingerprint density at radius 3 is 2.64 bits per heavy atom. The third-order valence-electron chi connectivity index (χ3n) is 6.10. The first-order chi connectivity index (χ1) is 16.0. The first-order valence-corrected chi connectivity index (χ1v) is 11.6. The summed E-state index contributed by atoms with van der Waals surface area (Å²) in [5, 5.41) is 6.68. The Labute approximate surface area is 193 Å². The minimum Gasteiger partial charge on any atom is -0.361 e. The minimum absolute atomic E-state index is 0.157. The van der Waals surface area contributed by atoms with Crippen molar-refractivity contribution >= 4 is 34.4 Å². The fraction of sp³-hybridized carbons (Fsp3) is 0.346. The number of carbonyl (C=O) groups is 3. The zero-order chi connectivity index (χ0) is 23.2. The number of rotatable bonds is 10. The molecule has 1 saturated heterocycles. The molecule has 1 fully saturated rings. The number of nitrogens with one attached hydrogen (secondary N) is 3. The topological polar surface area (TPSA) is 94.3 Å². The highest BCUT2D eigenvalue weighted by Crippen LogP contribution is 2.20. The number of nitrogens with zero attached hydrogens (tertiary/aromatic N) is 1. The molecule has 0 aliphatic carbocycles. The van der Waals surface area contributed by atoms with Crippen molar-refractivity contribution in [1.82, 2.24) is 15.2 Å². The number of urea groups is 1. The summed E-state index contributed by atoms with van der Waals surface area (Å²) in [5.74, 6) is -0.441. The van der Waals surface area contributed by atoms with Crippen molar-refractivity contribution in [1.29, 1.82) is 0 Å². The average Bonchev–Trinajstić information content (AvgIpc) is 3.36. The van der Waals surface area contributed by atoms with E-state index >= 15 is 0 Å². The van der Waals surface area contributed by atoms with Crippen LogP contribution in [0.2, 0.25) is 0 Å². The average molecular weight is 447 g/mol. The van der Waals surface area contributed by atoms with E-state index in [2.05, 4.69) is 22.5 Å². The first-order valence-electron chi connectivity index (χ1n) is 11.6. The highest BCUT2D eigenvalue weighted by molar-refractivity contribution is 6.04. The summed E-state index contributed by atoms with van der Waals surface area (Å²) >= 11 is 0. The van der Waals surface area contributed by atoms with E-state index in [1.54, 1.807) is 0 Å². The molecule has 4 rings (SSSR count). The van der Waals surface area contributed by atoms with Gasteiger partial charge in [-0.05, 0) is 55.0 Å². The van der Waals surface area contributed by atoms with E-state index in [1.165, 1.54) is 10.5 Å². The summed E-state index contributed by atoms with van der Waals surface area (Å²) in [6, 6.07) is 14.7. The second-order valence-electron chi connectivity index (χ2n) is 8.49. The molecular formula is C26H30N4O3. The number of carbonyl (C=O) groups excluding carboxylic acids is 3. The highest BCUT2D eigenvalue weighted by Gasteiger charge is 2.37. The predicted molar refractivity (Wildman–Crippen MR) is 129 cm³/mol. The van der Waals surface area contributed by atoms with Crippen LogP contribution in [0.4, 0.5) is 10.5 Å². The van der Waals surface area contributed by atoms with Gasteiger partial charge in [0, 0.05) is 35.8 Å². The highest BCUT2D eigenvalue weighted by atomic mass is 16.2. The number of fused-ring (bicyclic) bond motifs is 1. The fourth-order valence-electron chi connectivity index (χ4n) is 4.19. The molecule has 2 heterocycles. The zero-order valence-electron chi connectivity index (χ0n) is 18.9. The molecule has 0 spiro atoms. The lowest BCUT2D eigenvalue weighted by atomic mass is 10.1. The van der Waals surface area contributed by atoms with E-state index in [9.17, 15) is 14.4 Å². The minimum atomic E-state index is -0.664. The Balaban J connectivity index is 1.25. The SMILES string of the molecule is CCCCc1ccc(NC(=O)CC[C@@H]2NC(=O)N(CCc3c[nH]c4ccccc34)C2=O)cc1. The van der Waals surface area contributed by atoms with Crippen LogP contribution < -0.4 is 10.6 Å². The Morgan fingerprint density at radius 2 is 1.85 bits per heavy atom. The van der Waals surface area contributed by atoms with Crippen molar-refractivity contribution in [3.05, 3.63) is 65.9 Å². The molecule has 0 saturated carbocycles. The molecule has 33 heavy (non-hydrogen) atoms. The second kappa shape index (κ2) is 10.3. The summed E-state index contributed by atoms with van der Waals surface area (Å²) in [5.41, 5.74) is 4.09. The van der Waals surface area contributed by atoms with E-state index in [4.69, 9.17) is 0 Å². The van der Waals surface area contributed by atoms with E-state index in [-0.39, 0.29) is 24.7 Å². The number of benzene rings is 2. The number of unbranched alkanes of at least 4 members (excludes halogenated alkanes) is 1. The number of hydrogen-bond donors (Lipinski definition) is 3. The van der Waals surface area contributed by atoms with Crippen LogP contribution in [0.1, 0.15) is 43.7 Å². The van der Waals surface area contributed by atoms with Gasteiger partial charge in [0.1, 0.15) is 6.04 Å². The number of hydrogen-bond acceptors (Lipinski definition) is 3. The van der Waals surface area contributed by atoms with Gasteiger partial charge < -0.3 is 15.6 Å². The largest absolute Gasteiger partial charge is 0.361 e. The van der Waals surface area contributed by atoms with Gasteiger partial charge in [0.15, 0.2) is 0 Å². The number of aromatic nitrogens is 1. The van der Waals surface area contributed by atoms with Gasteiger partial charge in [0.25, 0.3) is 5.91 Å². The number of anilines is 1. The standard InChI is InChI=1S/C26H30N4O3/c1-2-3-6-18-9-11-20(12-10-18)28-24(31)14-13-23-25(32)30(26(33)29-23)16-15-19-17-27-22-8-5-4-7-21(19)22/h4-5,7-12,17,23,27H,2-3,6,13-16H2,1H3,(H,28,31)(H,29,33)/t23-/m0/s1. The van der Waals surface area contributed by atoms with Crippen LogP contribution in [-0.4, -0.2) is 40.3 Å². The van der Waals surface area contributed by atoms with Crippen LogP contribution in [0.15, 0.2) is 54.7 Å². The molecule has 3 aromatic rings. The van der Waals surface area contributed by atoms with Crippen molar-refractivity contribution in [2.75, 3.05) is 11.9 Å². The summed E-state index contributed by atoms with van der Waals surface area (Å²) in [4.78, 5) is 41.9. The molecule has 172 valence electrons. The van der Waals surface area contributed by atoms with Gasteiger partial charge in [-0.25, -0.2) is 4.79 Å². The molecule has 2 aromatic carbocycles. The van der Waals surface area contributed by atoms with Gasteiger partial charge in [0.2, 0.25) is 5.91 Å². The van der Waals surface area contributed by atoms with Gasteiger partial charge in [-0.2, -0.15) is 0 Å². The van der Waals surface area contributed by atoms with E-state index in [1.807, 2.05) is 54.7 Å². The number of imide groups is 1. The molecule has 0 bridgehead atoms. The van der Waals surface area contributed by atoms with Crippen LogP contribution in [0.25, 0.3) is 10.9 Å². The van der Waals surface area contributed by atoms with Crippen LogP contribution in [0.5, 0.6) is 0 Å². The predicted octanol–water partition coefficient (Wildman–Crippen LogP) is 4.39. The van der Waals surface area contributed by atoms with Gasteiger partial charge in [-0.15, -0.1) is 0 Å². The van der Waals surface area contributed by atoms with Crippen molar-refractivity contribution in [2.45, 2.75) is 51.5 Å². The molecule has 4 amide bonds. The quantitative estimate of drug-likeness (QED) is 0.403. The van der Waals surface area contributed by atoms with Crippen LogP contribution in [0, 0.1) is 0 Å². The molecule has 3 N–H and O–H groups in total. The lowest BCUT2D eigenvalue weighted by molar-refractivity contribution is -0.127. The van der Waals surface area contributed by atoms with E-state index in [0.717, 1.165) is 41.4 Å². The Morgan fingerprint density at radius 1 is 1.06 bits per heavy atom. The molecule has 0 radical (unpaired) electrons. The Hall–Kier alpha value is -3.61. The molecule has 1 aromatic heterocycles. The van der Waals surface area contributed by atoms with Crippen molar-refractivity contribution in [3.8, 4) is 0 Å². The van der Waals surface area contributed by atoms with Gasteiger partial charge in [0.05, 0.1) is 0 Å². The van der Waals surface area contributed by atoms with Crippen LogP contribution >= 0.6 is 0 Å². The maximum Gasteiger partial charge on any atom is 0.324 e. The van der Waals surface area contributed by atoms with Gasteiger partial charge in [-0.3, -0.25) is 14.5 Å². The normalized spacial score (nSPS) is 15.8. The summed E-state index contributed by atoms with van der Waals surface area (Å²) in [6.45, 7) is 2.47. The van der Waals surface area contributed by atoms with Crippen molar-refractivity contribution in [3.63, 3.8) is 0 Å². The summed E-state index contributed by atoms with van der Waals surface area (Å²) < 4.78 is 0. The molecule has 7 nitrogen and oxygen atoms in total. The monoisotopic (exact) mass is 446 g/mol. The first kappa shape index (κ1) is 22.6. The van der Waals surface area contributed by atoms with Crippen LogP contribution in [-0.2, 0) is 22.4 Å². The number of H-pyrrole nitrogens is 1. The summed E-state index contributed by atoms with van der Waals surface area (Å²) in [6.07, 6.45) is 6.25. The van der Waals surface area contributed by atoms with Crippen molar-refractivity contribution in [2.24, 2.45) is 0 Å². The van der Waals surface area contributed by atoms with E-state index < -0.39 is 12.1 Å². The molecule has 1 aliphatic rings. The number of amides is 4. The third kappa shape index (κ3) is 5.42. The Bertz CT molecular complexity index is 1140. The molecule has 7 heteroatoms. The fourth-order valence-corrected chi connectivity index (χ4v) is 4.19. The van der Waals surface area contributed by atoms with Gasteiger partial charge in [-0.1, -0.05) is 43.7 Å². The maximum absolute atomic E-state index is 12.7. The molecule has 1 aliphatic heterocycles. The zero-order valence-corrected chi connectivity index (χ0v) is 18.9. The number of aryl methyl sites for hydroxylation is 1. The second-order valence-corrected chi connectivity index (χ2v) is 8.49. The molecular weight excluding hydrogens is 416 g/mol. The van der Waals surface area contributed by atoms with Crippen LogP contribution in [0.3, 0.4) is 0 Å². The Kier molecular flexibility index (Phi) is 7.07. The van der Waals surface area contributed by atoms with E-state index in [0.29, 0.717) is 13.0 Å². The lowest BCUT2D eigenvalue weighted by Crippen LogP contribution is -2.33. The number of aromatic amines is 1.